The molecule has 1 aliphatic heterocycles. The fourth-order valence-corrected chi connectivity index (χ4v) is 2.64. The highest BCUT2D eigenvalue weighted by atomic mass is 16.5. The zero-order chi connectivity index (χ0) is 18.2. The third-order valence-electron chi connectivity index (χ3n) is 3.94. The molecule has 0 aromatic heterocycles. The van der Waals surface area contributed by atoms with E-state index >= 15 is 0 Å². The molecule has 1 fully saturated rings. The SMILES string of the molecule is CC(=O)N[C@@H]1[CH]O[C@H](C(O)C(C)=O)[C@@](O)(C(C)=O)[C@@]1(O)C(C)=O. The Hall–Kier alpha value is -1.68. The summed E-state index contributed by atoms with van der Waals surface area (Å²) in [4.78, 5) is 46.7. The number of hydrogen-bond donors (Lipinski definition) is 4. The number of ether oxygens (including phenoxy) is 1. The molecule has 1 amide bonds. The molecule has 0 aliphatic carbocycles. The van der Waals surface area contributed by atoms with Crippen LogP contribution in [0.5, 0.6) is 0 Å². The molecular weight excluding hydrogens is 310 g/mol. The first-order chi connectivity index (χ1) is 10.4. The predicted octanol–water partition coefficient (Wildman–Crippen LogP) is -2.36. The molecule has 0 aromatic rings. The quantitative estimate of drug-likeness (QED) is 0.437. The fourth-order valence-electron chi connectivity index (χ4n) is 2.64. The summed E-state index contributed by atoms with van der Waals surface area (Å²) >= 11 is 0. The molecule has 0 bridgehead atoms. The molecule has 0 saturated carbocycles. The van der Waals surface area contributed by atoms with Crippen LogP contribution in [-0.2, 0) is 23.9 Å². The van der Waals surface area contributed by atoms with Crippen molar-refractivity contribution in [1.29, 1.82) is 0 Å². The molecule has 23 heavy (non-hydrogen) atoms. The number of Topliss-reactive ketones (excluding diaryl/α,β-unsaturated/α-hetero) is 3. The Morgan fingerprint density at radius 2 is 1.52 bits per heavy atom. The maximum absolute atomic E-state index is 12.0. The summed E-state index contributed by atoms with van der Waals surface area (Å²) in [6.07, 6.45) is -3.87. The Morgan fingerprint density at radius 3 is 1.87 bits per heavy atom. The monoisotopic (exact) mass is 330 g/mol. The third kappa shape index (κ3) is 2.92. The molecule has 1 aliphatic rings. The second-order valence-electron chi connectivity index (χ2n) is 5.57. The number of carbonyl (C=O) groups is 4. The van der Waals surface area contributed by atoms with E-state index in [-0.39, 0.29) is 0 Å². The highest BCUT2D eigenvalue weighted by Crippen LogP contribution is 2.40. The molecule has 4 N–H and O–H groups in total. The average molecular weight is 330 g/mol. The van der Waals surface area contributed by atoms with Crippen molar-refractivity contribution in [2.75, 3.05) is 0 Å². The molecule has 1 rings (SSSR count). The second kappa shape index (κ2) is 6.44. The Balaban J connectivity index is 3.52. The van der Waals surface area contributed by atoms with Gasteiger partial charge in [-0.3, -0.25) is 19.2 Å². The van der Waals surface area contributed by atoms with E-state index in [1.54, 1.807) is 0 Å². The molecule has 9 nitrogen and oxygen atoms in total. The average Bonchev–Trinajstić information content (AvgIpc) is 2.42. The van der Waals surface area contributed by atoms with Crippen LogP contribution in [0.3, 0.4) is 0 Å². The third-order valence-corrected chi connectivity index (χ3v) is 3.94. The first kappa shape index (κ1) is 19.4. The standard InChI is InChI=1S/C14H20NO8/c1-6(16)11(20)12-14(22,8(3)18)13(21,7(2)17)10(5-23-12)15-9(4)19/h5,10-12,20-22H,1-4H3,(H,15,19)/t10-,11?,12-,13-,14+/m1/s1. The molecule has 129 valence electrons. The summed E-state index contributed by atoms with van der Waals surface area (Å²) in [6.45, 7) is 4.66. The molecule has 1 unspecified atom stereocenters. The van der Waals surface area contributed by atoms with Crippen LogP contribution >= 0.6 is 0 Å². The van der Waals surface area contributed by atoms with E-state index in [1.165, 1.54) is 0 Å². The largest absolute Gasteiger partial charge is 0.382 e. The summed E-state index contributed by atoms with van der Waals surface area (Å²) in [6, 6.07) is -1.55. The first-order valence-corrected chi connectivity index (χ1v) is 6.81. The van der Waals surface area contributed by atoms with Crippen LogP contribution in [0.15, 0.2) is 0 Å². The van der Waals surface area contributed by atoms with E-state index < -0.39 is 52.7 Å². The van der Waals surface area contributed by atoms with Crippen LogP contribution in [0.25, 0.3) is 0 Å². The van der Waals surface area contributed by atoms with Gasteiger partial charge in [0.25, 0.3) is 0 Å². The Bertz CT molecular complexity index is 547. The van der Waals surface area contributed by atoms with Crippen molar-refractivity contribution in [3.05, 3.63) is 6.61 Å². The first-order valence-electron chi connectivity index (χ1n) is 6.81. The smallest absolute Gasteiger partial charge is 0.217 e. The number of nitrogens with one attached hydrogen (secondary N) is 1. The fraction of sp³-hybridized carbons (Fsp3) is 0.643. The Kier molecular flexibility index (Phi) is 5.42. The Morgan fingerprint density at radius 1 is 1.04 bits per heavy atom. The van der Waals surface area contributed by atoms with Crippen LogP contribution in [0.4, 0.5) is 0 Å². The van der Waals surface area contributed by atoms with Gasteiger partial charge in [0.05, 0.1) is 6.04 Å². The predicted molar refractivity (Wildman–Crippen MR) is 74.7 cm³/mol. The number of ketones is 3. The number of carbonyl (C=O) groups excluding carboxylic acids is 4. The molecular formula is C14H20NO8. The lowest BCUT2D eigenvalue weighted by Crippen LogP contribution is -2.80. The van der Waals surface area contributed by atoms with E-state index in [2.05, 4.69) is 5.32 Å². The van der Waals surface area contributed by atoms with Crippen LogP contribution in [0.1, 0.15) is 27.7 Å². The van der Waals surface area contributed by atoms with Crippen molar-refractivity contribution in [3.63, 3.8) is 0 Å². The van der Waals surface area contributed by atoms with Gasteiger partial charge in [0.2, 0.25) is 5.91 Å². The zero-order valence-corrected chi connectivity index (χ0v) is 13.2. The van der Waals surface area contributed by atoms with Crippen LogP contribution in [0.2, 0.25) is 0 Å². The van der Waals surface area contributed by atoms with Gasteiger partial charge in [-0.2, -0.15) is 0 Å². The summed E-state index contributed by atoms with van der Waals surface area (Å²) in [5.41, 5.74) is -5.75. The Labute approximate surface area is 132 Å². The van der Waals surface area contributed by atoms with Gasteiger partial charge in [0.1, 0.15) is 18.8 Å². The molecule has 0 aromatic carbocycles. The summed E-state index contributed by atoms with van der Waals surface area (Å²) in [5, 5.41) is 33.6. The number of aliphatic hydroxyl groups excluding tert-OH is 1. The van der Waals surface area contributed by atoms with Crippen molar-refractivity contribution < 1.29 is 39.2 Å². The highest BCUT2D eigenvalue weighted by molar-refractivity contribution is 6.00. The molecule has 1 heterocycles. The lowest BCUT2D eigenvalue weighted by Gasteiger charge is -2.52. The van der Waals surface area contributed by atoms with E-state index in [4.69, 9.17) is 4.74 Å². The van der Waals surface area contributed by atoms with Crippen molar-refractivity contribution >= 4 is 23.3 Å². The minimum atomic E-state index is -2.94. The minimum absolute atomic E-state index is 0.661. The maximum Gasteiger partial charge on any atom is 0.217 e. The van der Waals surface area contributed by atoms with Crippen LogP contribution in [-0.4, -0.2) is 68.0 Å². The van der Waals surface area contributed by atoms with Gasteiger partial charge in [-0.25, -0.2) is 0 Å². The number of rotatable bonds is 5. The summed E-state index contributed by atoms with van der Waals surface area (Å²) in [5.74, 6) is -3.66. The van der Waals surface area contributed by atoms with Gasteiger partial charge in [0.15, 0.2) is 28.6 Å². The summed E-state index contributed by atoms with van der Waals surface area (Å²) in [7, 11) is 0. The van der Waals surface area contributed by atoms with E-state index in [0.29, 0.717) is 0 Å². The van der Waals surface area contributed by atoms with Gasteiger partial charge in [0, 0.05) is 6.92 Å². The van der Waals surface area contributed by atoms with E-state index in [1.807, 2.05) is 0 Å². The second-order valence-corrected chi connectivity index (χ2v) is 5.57. The topological polar surface area (TPSA) is 150 Å². The van der Waals surface area contributed by atoms with Gasteiger partial charge < -0.3 is 25.4 Å². The number of aliphatic hydroxyl groups is 3. The van der Waals surface area contributed by atoms with Crippen molar-refractivity contribution in [3.8, 4) is 0 Å². The molecule has 5 atom stereocenters. The maximum atomic E-state index is 12.0. The van der Waals surface area contributed by atoms with E-state index in [9.17, 15) is 34.5 Å². The van der Waals surface area contributed by atoms with Crippen LogP contribution in [0, 0.1) is 6.61 Å². The van der Waals surface area contributed by atoms with Gasteiger partial charge in [-0.1, -0.05) is 0 Å². The van der Waals surface area contributed by atoms with Gasteiger partial charge in [-0.05, 0) is 20.8 Å². The highest BCUT2D eigenvalue weighted by Gasteiger charge is 2.69. The molecule has 9 heteroatoms. The zero-order valence-electron chi connectivity index (χ0n) is 13.2. The van der Waals surface area contributed by atoms with Gasteiger partial charge in [-0.15, -0.1) is 0 Å². The molecule has 1 radical (unpaired) electrons. The lowest BCUT2D eigenvalue weighted by molar-refractivity contribution is -0.247. The van der Waals surface area contributed by atoms with Crippen molar-refractivity contribution in [1.82, 2.24) is 5.32 Å². The van der Waals surface area contributed by atoms with Crippen LogP contribution < -0.4 is 5.32 Å². The lowest BCUT2D eigenvalue weighted by atomic mass is 9.66. The van der Waals surface area contributed by atoms with Crippen molar-refractivity contribution in [2.45, 2.75) is 57.1 Å². The van der Waals surface area contributed by atoms with Crippen molar-refractivity contribution in [2.24, 2.45) is 0 Å². The number of amides is 1. The summed E-state index contributed by atoms with van der Waals surface area (Å²) < 4.78 is 5.04. The number of hydrogen-bond acceptors (Lipinski definition) is 8. The molecule has 1 saturated heterocycles. The van der Waals surface area contributed by atoms with Gasteiger partial charge >= 0.3 is 0 Å². The molecule has 0 spiro atoms. The van der Waals surface area contributed by atoms with E-state index in [0.717, 1.165) is 34.3 Å². The normalized spacial score (nSPS) is 35.3. The minimum Gasteiger partial charge on any atom is -0.382 e.